The van der Waals surface area contributed by atoms with E-state index in [9.17, 15) is 14.4 Å². The van der Waals surface area contributed by atoms with E-state index in [2.05, 4.69) is 10.6 Å². The molecular formula is C14H15ClN2O3. The Labute approximate surface area is 121 Å². The van der Waals surface area contributed by atoms with Crippen LogP contribution in [0.25, 0.3) is 0 Å². The van der Waals surface area contributed by atoms with Crippen LogP contribution in [0.3, 0.4) is 0 Å². The van der Waals surface area contributed by atoms with E-state index in [1.54, 1.807) is 6.07 Å². The minimum Gasteiger partial charge on any atom is -0.344 e. The van der Waals surface area contributed by atoms with Gasteiger partial charge in [-0.25, -0.2) is 0 Å². The van der Waals surface area contributed by atoms with Gasteiger partial charge in [0.25, 0.3) is 0 Å². The van der Waals surface area contributed by atoms with Gasteiger partial charge in [-0.15, -0.1) is 0 Å². The molecule has 2 N–H and O–H groups in total. The lowest BCUT2D eigenvalue weighted by Gasteiger charge is -2.21. The summed E-state index contributed by atoms with van der Waals surface area (Å²) in [7, 11) is 0. The van der Waals surface area contributed by atoms with Gasteiger partial charge in [-0.3, -0.25) is 19.7 Å². The minimum atomic E-state index is -0.619. The molecule has 1 saturated heterocycles. The summed E-state index contributed by atoms with van der Waals surface area (Å²) in [5.41, 5.74) is 0.896. The number of carbonyl (C=O) groups excluding carboxylic acids is 3. The normalized spacial score (nSPS) is 18.6. The maximum Gasteiger partial charge on any atom is 0.249 e. The van der Waals surface area contributed by atoms with Crippen LogP contribution in [-0.4, -0.2) is 23.8 Å². The Kier molecular flexibility index (Phi) is 4.74. The molecule has 106 valence electrons. The average Bonchev–Trinajstić information content (AvgIpc) is 2.41. The fraction of sp³-hybridized carbons (Fsp3) is 0.357. The van der Waals surface area contributed by atoms with Gasteiger partial charge in [0.15, 0.2) is 0 Å². The largest absolute Gasteiger partial charge is 0.344 e. The van der Waals surface area contributed by atoms with Crippen LogP contribution in [0, 0.1) is 0 Å². The average molecular weight is 295 g/mol. The highest BCUT2D eigenvalue weighted by Gasteiger charge is 2.27. The van der Waals surface area contributed by atoms with Gasteiger partial charge < -0.3 is 5.32 Å². The molecule has 1 unspecified atom stereocenters. The third-order valence-corrected chi connectivity index (χ3v) is 3.52. The first-order chi connectivity index (χ1) is 9.56. The van der Waals surface area contributed by atoms with Gasteiger partial charge >= 0.3 is 0 Å². The number of amides is 3. The Morgan fingerprint density at radius 2 is 2.10 bits per heavy atom. The molecule has 0 spiro atoms. The molecule has 6 heteroatoms. The van der Waals surface area contributed by atoms with E-state index in [1.807, 2.05) is 18.2 Å². The van der Waals surface area contributed by atoms with Gasteiger partial charge in [-0.1, -0.05) is 29.8 Å². The van der Waals surface area contributed by atoms with E-state index in [4.69, 9.17) is 11.6 Å². The number of rotatable bonds is 4. The Balaban J connectivity index is 1.83. The minimum absolute atomic E-state index is 0.223. The summed E-state index contributed by atoms with van der Waals surface area (Å²) in [4.78, 5) is 34.3. The van der Waals surface area contributed by atoms with Crippen molar-refractivity contribution in [1.29, 1.82) is 0 Å². The quantitative estimate of drug-likeness (QED) is 0.819. The van der Waals surface area contributed by atoms with Gasteiger partial charge in [0.2, 0.25) is 17.7 Å². The second-order valence-corrected chi connectivity index (χ2v) is 5.07. The lowest BCUT2D eigenvalue weighted by molar-refractivity contribution is -0.137. The topological polar surface area (TPSA) is 75.3 Å². The molecule has 0 radical (unpaired) electrons. The Bertz CT molecular complexity index is 545. The van der Waals surface area contributed by atoms with Crippen LogP contribution in [0.1, 0.15) is 24.8 Å². The maximum absolute atomic E-state index is 11.8. The molecule has 3 amide bonds. The predicted octanol–water partition coefficient (Wildman–Crippen LogP) is 1.19. The number of piperidine rings is 1. The summed E-state index contributed by atoms with van der Waals surface area (Å²) in [6, 6.07) is 6.71. The van der Waals surface area contributed by atoms with Crippen molar-refractivity contribution in [3.8, 4) is 0 Å². The van der Waals surface area contributed by atoms with Crippen LogP contribution in [-0.2, 0) is 20.8 Å². The standard InChI is InChI=1S/C14H15ClN2O3/c15-10-4-2-1-3-9(10)5-7-12(18)16-11-6-8-13(19)17-14(11)20/h1-4,11H,5-8H2,(H,16,18)(H,17,19,20). The molecule has 0 saturated carbocycles. The van der Waals surface area contributed by atoms with Crippen molar-refractivity contribution in [2.24, 2.45) is 0 Å². The van der Waals surface area contributed by atoms with Gasteiger partial charge in [-0.05, 0) is 24.5 Å². The van der Waals surface area contributed by atoms with Crippen molar-refractivity contribution in [2.75, 3.05) is 0 Å². The zero-order valence-corrected chi connectivity index (χ0v) is 11.6. The zero-order chi connectivity index (χ0) is 14.5. The lowest BCUT2D eigenvalue weighted by Crippen LogP contribution is -2.52. The number of carbonyl (C=O) groups is 3. The monoisotopic (exact) mass is 294 g/mol. The third-order valence-electron chi connectivity index (χ3n) is 3.15. The summed E-state index contributed by atoms with van der Waals surface area (Å²) in [5, 5.41) is 5.46. The molecule has 0 aliphatic carbocycles. The van der Waals surface area contributed by atoms with Crippen LogP contribution < -0.4 is 10.6 Å². The molecule has 2 rings (SSSR count). The van der Waals surface area contributed by atoms with Gasteiger partial charge in [0.1, 0.15) is 6.04 Å². The first-order valence-corrected chi connectivity index (χ1v) is 6.80. The molecule has 5 nitrogen and oxygen atoms in total. The zero-order valence-electron chi connectivity index (χ0n) is 10.8. The summed E-state index contributed by atoms with van der Waals surface area (Å²) in [6.07, 6.45) is 1.37. The molecular weight excluding hydrogens is 280 g/mol. The SMILES string of the molecule is O=C1CCC(NC(=O)CCc2ccccc2Cl)C(=O)N1. The summed E-state index contributed by atoms with van der Waals surface area (Å²) in [5.74, 6) is -0.955. The number of imide groups is 1. The van der Waals surface area contributed by atoms with Crippen molar-refractivity contribution in [1.82, 2.24) is 10.6 Å². The van der Waals surface area contributed by atoms with Crippen LogP contribution in [0.2, 0.25) is 5.02 Å². The number of hydrogen-bond acceptors (Lipinski definition) is 3. The Morgan fingerprint density at radius 3 is 2.80 bits per heavy atom. The number of hydrogen-bond donors (Lipinski definition) is 2. The summed E-state index contributed by atoms with van der Waals surface area (Å²) in [6.45, 7) is 0. The predicted molar refractivity (Wildman–Crippen MR) is 74.1 cm³/mol. The number of nitrogens with one attached hydrogen (secondary N) is 2. The number of halogens is 1. The second-order valence-electron chi connectivity index (χ2n) is 4.66. The smallest absolute Gasteiger partial charge is 0.249 e. The van der Waals surface area contributed by atoms with Gasteiger partial charge in [-0.2, -0.15) is 0 Å². The fourth-order valence-electron chi connectivity index (χ4n) is 2.05. The molecule has 1 fully saturated rings. The summed E-state index contributed by atoms with van der Waals surface area (Å²) >= 11 is 6.01. The first-order valence-electron chi connectivity index (χ1n) is 6.42. The fourth-order valence-corrected chi connectivity index (χ4v) is 2.28. The van der Waals surface area contributed by atoms with E-state index < -0.39 is 11.9 Å². The van der Waals surface area contributed by atoms with Crippen LogP contribution in [0.15, 0.2) is 24.3 Å². The molecule has 1 aromatic carbocycles. The molecule has 0 bridgehead atoms. The van der Waals surface area contributed by atoms with Crippen molar-refractivity contribution in [2.45, 2.75) is 31.7 Å². The first kappa shape index (κ1) is 14.5. The summed E-state index contributed by atoms with van der Waals surface area (Å²) < 4.78 is 0. The molecule has 1 atom stereocenters. The highest BCUT2D eigenvalue weighted by Crippen LogP contribution is 2.16. The van der Waals surface area contributed by atoms with E-state index in [0.29, 0.717) is 17.9 Å². The molecule has 1 aliphatic heterocycles. The van der Waals surface area contributed by atoms with Crippen LogP contribution in [0.5, 0.6) is 0 Å². The Hall–Kier alpha value is -1.88. The molecule has 20 heavy (non-hydrogen) atoms. The Morgan fingerprint density at radius 1 is 1.35 bits per heavy atom. The number of benzene rings is 1. The van der Waals surface area contributed by atoms with Crippen LogP contribution in [0.4, 0.5) is 0 Å². The molecule has 0 aromatic heterocycles. The lowest BCUT2D eigenvalue weighted by atomic mass is 10.1. The third kappa shape index (κ3) is 3.81. The molecule has 1 heterocycles. The van der Waals surface area contributed by atoms with Gasteiger partial charge in [0.05, 0.1) is 0 Å². The highest BCUT2D eigenvalue weighted by molar-refractivity contribution is 6.31. The number of aryl methyl sites for hydroxylation is 1. The van der Waals surface area contributed by atoms with Crippen LogP contribution >= 0.6 is 11.6 Å². The molecule has 1 aliphatic rings. The highest BCUT2D eigenvalue weighted by atomic mass is 35.5. The van der Waals surface area contributed by atoms with Crippen molar-refractivity contribution in [3.63, 3.8) is 0 Å². The van der Waals surface area contributed by atoms with Gasteiger partial charge in [0, 0.05) is 17.9 Å². The van der Waals surface area contributed by atoms with E-state index >= 15 is 0 Å². The van der Waals surface area contributed by atoms with Crippen molar-refractivity contribution in [3.05, 3.63) is 34.9 Å². The van der Waals surface area contributed by atoms with E-state index in [-0.39, 0.29) is 24.7 Å². The van der Waals surface area contributed by atoms with E-state index in [1.165, 1.54) is 0 Å². The van der Waals surface area contributed by atoms with E-state index in [0.717, 1.165) is 5.56 Å². The van der Waals surface area contributed by atoms with Crippen molar-refractivity contribution >= 4 is 29.3 Å². The van der Waals surface area contributed by atoms with Crippen molar-refractivity contribution < 1.29 is 14.4 Å². The second kappa shape index (κ2) is 6.52. The molecule has 1 aromatic rings. The maximum atomic E-state index is 11.8.